The van der Waals surface area contributed by atoms with Gasteiger partial charge >= 0.3 is 6.09 Å². The fourth-order valence-electron chi connectivity index (χ4n) is 4.22. The van der Waals surface area contributed by atoms with Crippen LogP contribution in [0.4, 0.5) is 10.5 Å². The summed E-state index contributed by atoms with van der Waals surface area (Å²) in [7, 11) is 1.22. The zero-order valence-corrected chi connectivity index (χ0v) is 18.0. The Morgan fingerprint density at radius 2 is 1.58 bits per heavy atom. The number of carbonyl (C=O) groups excluding carboxylic acids is 2. The SMILES string of the molecule is COC(=O)N1C(=O)/C(=C(\C[C@@H](C[N+](=O)[O-])c2ccccc2)c2ccccc2)c2ccccc21. The van der Waals surface area contributed by atoms with E-state index >= 15 is 0 Å². The maximum atomic E-state index is 13.6. The molecule has 0 N–H and O–H groups in total. The summed E-state index contributed by atoms with van der Waals surface area (Å²) in [6, 6.07) is 25.5. The first-order valence-electron chi connectivity index (χ1n) is 10.5. The van der Waals surface area contributed by atoms with Gasteiger partial charge in [0.1, 0.15) is 0 Å². The van der Waals surface area contributed by atoms with Crippen LogP contribution in [0.25, 0.3) is 11.1 Å². The van der Waals surface area contributed by atoms with Crippen molar-refractivity contribution in [2.75, 3.05) is 18.6 Å². The van der Waals surface area contributed by atoms with Gasteiger partial charge in [-0.25, -0.2) is 9.69 Å². The fraction of sp³-hybridized carbons (Fsp3) is 0.154. The van der Waals surface area contributed by atoms with Gasteiger partial charge in [-0.3, -0.25) is 14.9 Å². The predicted octanol–water partition coefficient (Wildman–Crippen LogP) is 5.16. The van der Waals surface area contributed by atoms with E-state index in [1.54, 1.807) is 24.3 Å². The van der Waals surface area contributed by atoms with Gasteiger partial charge in [-0.1, -0.05) is 78.9 Å². The van der Waals surface area contributed by atoms with Gasteiger partial charge in [0, 0.05) is 10.5 Å². The molecule has 3 aromatic carbocycles. The highest BCUT2D eigenvalue weighted by atomic mass is 16.6. The number of rotatable bonds is 6. The lowest BCUT2D eigenvalue weighted by Crippen LogP contribution is -2.33. The smallest absolute Gasteiger partial charge is 0.421 e. The van der Waals surface area contributed by atoms with E-state index in [9.17, 15) is 19.7 Å². The number of fused-ring (bicyclic) bond motifs is 1. The molecule has 7 heteroatoms. The van der Waals surface area contributed by atoms with Gasteiger partial charge < -0.3 is 4.74 Å². The monoisotopic (exact) mass is 442 g/mol. The normalized spacial score (nSPS) is 15.1. The summed E-state index contributed by atoms with van der Waals surface area (Å²) < 4.78 is 4.85. The van der Waals surface area contributed by atoms with E-state index in [1.165, 1.54) is 7.11 Å². The highest BCUT2D eigenvalue weighted by Gasteiger charge is 2.39. The molecule has 33 heavy (non-hydrogen) atoms. The van der Waals surface area contributed by atoms with Crippen molar-refractivity contribution in [2.24, 2.45) is 0 Å². The van der Waals surface area contributed by atoms with Crippen LogP contribution in [0.3, 0.4) is 0 Å². The highest BCUT2D eigenvalue weighted by Crippen LogP contribution is 2.44. The summed E-state index contributed by atoms with van der Waals surface area (Å²) in [5, 5.41) is 11.5. The van der Waals surface area contributed by atoms with Gasteiger partial charge in [0.15, 0.2) is 0 Å². The van der Waals surface area contributed by atoms with Crippen molar-refractivity contribution in [1.82, 2.24) is 0 Å². The van der Waals surface area contributed by atoms with Crippen LogP contribution in [-0.4, -0.2) is 30.6 Å². The van der Waals surface area contributed by atoms with Crippen LogP contribution in [0.1, 0.15) is 29.0 Å². The Hall–Kier alpha value is -4.26. The van der Waals surface area contributed by atoms with Gasteiger partial charge in [0.25, 0.3) is 5.91 Å². The minimum absolute atomic E-state index is 0.249. The summed E-state index contributed by atoms with van der Waals surface area (Å²) >= 11 is 0. The van der Waals surface area contributed by atoms with Crippen molar-refractivity contribution in [3.63, 3.8) is 0 Å². The highest BCUT2D eigenvalue weighted by molar-refractivity contribution is 6.42. The Kier molecular flexibility index (Phi) is 6.31. The molecule has 1 aliphatic rings. The van der Waals surface area contributed by atoms with E-state index in [2.05, 4.69) is 0 Å². The van der Waals surface area contributed by atoms with E-state index in [4.69, 9.17) is 4.74 Å². The number of anilines is 1. The van der Waals surface area contributed by atoms with Crippen LogP contribution in [0, 0.1) is 10.1 Å². The number of ether oxygens (including phenoxy) is 1. The van der Waals surface area contributed by atoms with Gasteiger partial charge in [-0.2, -0.15) is 0 Å². The lowest BCUT2D eigenvalue weighted by Gasteiger charge is -2.18. The minimum Gasteiger partial charge on any atom is -0.452 e. The zero-order chi connectivity index (χ0) is 23.4. The molecule has 1 aliphatic heterocycles. The number of hydrogen-bond donors (Lipinski definition) is 0. The summed E-state index contributed by atoms with van der Waals surface area (Å²) in [5.74, 6) is -0.967. The van der Waals surface area contributed by atoms with Crippen LogP contribution in [0.2, 0.25) is 0 Å². The van der Waals surface area contributed by atoms with Crippen molar-refractivity contribution in [2.45, 2.75) is 12.3 Å². The number of amides is 2. The minimum atomic E-state index is -0.778. The zero-order valence-electron chi connectivity index (χ0n) is 18.0. The van der Waals surface area contributed by atoms with Crippen LogP contribution in [-0.2, 0) is 9.53 Å². The van der Waals surface area contributed by atoms with Crippen LogP contribution in [0.5, 0.6) is 0 Å². The number of imide groups is 1. The molecule has 0 spiro atoms. The van der Waals surface area contributed by atoms with Crippen molar-refractivity contribution in [3.05, 3.63) is 112 Å². The number of nitro groups is 1. The molecule has 1 atom stereocenters. The molecular formula is C26H22N2O5. The molecule has 0 radical (unpaired) electrons. The molecule has 4 rings (SSSR count). The molecule has 0 aromatic heterocycles. The molecular weight excluding hydrogens is 420 g/mol. The molecule has 0 saturated carbocycles. The second-order valence-electron chi connectivity index (χ2n) is 7.67. The number of methoxy groups -OCH3 is 1. The lowest BCUT2D eigenvalue weighted by atomic mass is 9.85. The van der Waals surface area contributed by atoms with E-state index < -0.39 is 17.9 Å². The van der Waals surface area contributed by atoms with E-state index in [0.29, 0.717) is 22.4 Å². The third kappa shape index (κ3) is 4.39. The Balaban J connectivity index is 1.92. The van der Waals surface area contributed by atoms with Crippen molar-refractivity contribution in [1.29, 1.82) is 0 Å². The van der Waals surface area contributed by atoms with Gasteiger partial charge in [-0.05, 0) is 29.2 Å². The van der Waals surface area contributed by atoms with E-state index in [1.807, 2.05) is 60.7 Å². The molecule has 0 fully saturated rings. The van der Waals surface area contributed by atoms with Gasteiger partial charge in [0.2, 0.25) is 6.54 Å². The third-order valence-electron chi connectivity index (χ3n) is 5.70. The summed E-state index contributed by atoms with van der Waals surface area (Å²) in [6.07, 6.45) is -0.529. The Bertz CT molecular complexity index is 1220. The molecule has 3 aromatic rings. The molecule has 0 saturated heterocycles. The molecule has 0 aliphatic carbocycles. The topological polar surface area (TPSA) is 89.8 Å². The van der Waals surface area contributed by atoms with Gasteiger partial charge in [-0.15, -0.1) is 0 Å². The number of para-hydroxylation sites is 1. The molecule has 7 nitrogen and oxygen atoms in total. The van der Waals surface area contributed by atoms with Gasteiger partial charge in [0.05, 0.1) is 24.3 Å². The first-order chi connectivity index (χ1) is 16.0. The maximum Gasteiger partial charge on any atom is 0.421 e. The molecule has 166 valence electrons. The second kappa shape index (κ2) is 9.48. The number of carbonyl (C=O) groups is 2. The predicted molar refractivity (Wildman–Crippen MR) is 125 cm³/mol. The van der Waals surface area contributed by atoms with Crippen molar-refractivity contribution in [3.8, 4) is 0 Å². The molecule has 0 bridgehead atoms. The van der Waals surface area contributed by atoms with Crippen LogP contribution in [0.15, 0.2) is 84.9 Å². The summed E-state index contributed by atoms with van der Waals surface area (Å²) in [6.45, 7) is -0.288. The summed E-state index contributed by atoms with van der Waals surface area (Å²) in [5.41, 5.74) is 3.61. The first kappa shape index (κ1) is 22.0. The van der Waals surface area contributed by atoms with Crippen molar-refractivity contribution < 1.29 is 19.2 Å². The van der Waals surface area contributed by atoms with Crippen LogP contribution >= 0.6 is 0 Å². The first-order valence-corrected chi connectivity index (χ1v) is 10.5. The molecule has 1 heterocycles. The Morgan fingerprint density at radius 1 is 0.970 bits per heavy atom. The molecule has 2 amide bonds. The standard InChI is InChI=1S/C26H22N2O5/c1-33-26(30)28-23-15-9-8-14-21(23)24(25(28)29)22(19-12-6-3-7-13-19)16-20(17-27(31)32)18-10-4-2-5-11-18/h2-15,20H,16-17H2,1H3/b24-22+/t20-/m0/s1. The Morgan fingerprint density at radius 3 is 2.21 bits per heavy atom. The maximum absolute atomic E-state index is 13.6. The Labute approximate surface area is 191 Å². The van der Waals surface area contributed by atoms with Crippen LogP contribution < -0.4 is 4.90 Å². The van der Waals surface area contributed by atoms with E-state index in [-0.39, 0.29) is 17.9 Å². The number of allylic oxidation sites excluding steroid dienone is 1. The largest absolute Gasteiger partial charge is 0.452 e. The third-order valence-corrected chi connectivity index (χ3v) is 5.70. The van der Waals surface area contributed by atoms with E-state index in [0.717, 1.165) is 16.0 Å². The average molecular weight is 442 g/mol. The van der Waals surface area contributed by atoms with Crippen molar-refractivity contribution >= 4 is 28.8 Å². The lowest BCUT2D eigenvalue weighted by molar-refractivity contribution is -0.483. The molecule has 0 unspecified atom stereocenters. The number of hydrogen-bond acceptors (Lipinski definition) is 5. The number of benzene rings is 3. The fourth-order valence-corrected chi connectivity index (χ4v) is 4.22. The second-order valence-corrected chi connectivity index (χ2v) is 7.67. The number of nitrogens with zero attached hydrogens (tertiary/aromatic N) is 2. The average Bonchev–Trinajstić information content (AvgIpc) is 3.13. The summed E-state index contributed by atoms with van der Waals surface area (Å²) in [4.78, 5) is 38.2. The quantitative estimate of drug-likeness (QED) is 0.299.